The molecule has 0 aliphatic heterocycles. The highest BCUT2D eigenvalue weighted by Crippen LogP contribution is 2.36. The molecule has 0 spiro atoms. The summed E-state index contributed by atoms with van der Waals surface area (Å²) in [6, 6.07) is 26.6. The van der Waals surface area contributed by atoms with Crippen molar-refractivity contribution < 1.29 is 0 Å². The van der Waals surface area contributed by atoms with E-state index in [-0.39, 0.29) is 0 Å². The normalized spacial score (nSPS) is 10.9. The second-order valence-corrected chi connectivity index (χ2v) is 13.0. The van der Waals surface area contributed by atoms with Gasteiger partial charge in [0.1, 0.15) is 0 Å². The van der Waals surface area contributed by atoms with E-state index < -0.39 is 0 Å². The average molecular weight is 671 g/mol. The lowest BCUT2D eigenvalue weighted by atomic mass is 10.2. The van der Waals surface area contributed by atoms with Crippen molar-refractivity contribution >= 4 is 43.1 Å². The monoisotopic (exact) mass is 670 g/mol. The molecule has 8 rings (SSSR count). The smallest absolute Gasteiger partial charge is 0.154 e. The maximum Gasteiger partial charge on any atom is 0.154 e. The summed E-state index contributed by atoms with van der Waals surface area (Å²) >= 11 is 3.47. The van der Waals surface area contributed by atoms with Crippen LogP contribution in [0.3, 0.4) is 0 Å². The summed E-state index contributed by atoms with van der Waals surface area (Å²) in [5, 5.41) is 9.28. The number of aryl methyl sites for hydroxylation is 4. The largest absolute Gasteiger partial charge is 0.255 e. The average Bonchev–Trinajstić information content (AvgIpc) is 3.93. The zero-order valence-electron chi connectivity index (χ0n) is 28.0. The van der Waals surface area contributed by atoms with Crippen molar-refractivity contribution in [2.75, 3.05) is 0 Å². The standard InChI is InChI=1S/2C18H16N4S.C2H6/c1-3-13-6-4-8-17(21-13)22-18(12(2)11-20-22)16-10-14-15(23-16)7-5-9-19-14;1-3-13-10-15(17-11-14-16(23-17)7-5-9-19-14)22(21-13)18-8-4-6-12(2)20-18;1-2/h2*4-11H,3H2,1-2H3;1-2H3. The number of fused-ring (bicyclic) bond motifs is 2. The molecular formula is C38H38N8S2. The third-order valence-electron chi connectivity index (χ3n) is 7.60. The van der Waals surface area contributed by atoms with Gasteiger partial charge < -0.3 is 0 Å². The Balaban J connectivity index is 0.000000159. The van der Waals surface area contributed by atoms with Gasteiger partial charge in [-0.15, -0.1) is 22.7 Å². The first-order chi connectivity index (χ1) is 23.5. The van der Waals surface area contributed by atoms with Gasteiger partial charge in [0.05, 0.1) is 53.5 Å². The van der Waals surface area contributed by atoms with Gasteiger partial charge in [-0.25, -0.2) is 19.3 Å². The first-order valence-electron chi connectivity index (χ1n) is 16.2. The molecule has 242 valence electrons. The number of rotatable bonds is 6. The minimum atomic E-state index is 0.852. The van der Waals surface area contributed by atoms with Crippen molar-refractivity contribution in [1.29, 1.82) is 0 Å². The van der Waals surface area contributed by atoms with E-state index in [4.69, 9.17) is 10.1 Å². The third-order valence-corrected chi connectivity index (χ3v) is 9.81. The highest BCUT2D eigenvalue weighted by molar-refractivity contribution is 7.22. The quantitative estimate of drug-likeness (QED) is 0.175. The summed E-state index contributed by atoms with van der Waals surface area (Å²) in [6.45, 7) is 12.3. The van der Waals surface area contributed by atoms with Gasteiger partial charge in [-0.05, 0) is 99.0 Å². The van der Waals surface area contributed by atoms with Gasteiger partial charge in [0.25, 0.3) is 0 Å². The number of thiophene rings is 2. The summed E-state index contributed by atoms with van der Waals surface area (Å²) < 4.78 is 6.24. The maximum absolute atomic E-state index is 4.73. The highest BCUT2D eigenvalue weighted by Gasteiger charge is 2.17. The van der Waals surface area contributed by atoms with E-state index in [2.05, 4.69) is 71.2 Å². The molecule has 8 heterocycles. The summed E-state index contributed by atoms with van der Waals surface area (Å²) in [7, 11) is 0. The Labute approximate surface area is 288 Å². The maximum atomic E-state index is 4.73. The molecule has 0 fully saturated rings. The second kappa shape index (κ2) is 14.8. The third kappa shape index (κ3) is 6.81. The lowest BCUT2D eigenvalue weighted by molar-refractivity contribution is 0.818. The molecule has 0 radical (unpaired) electrons. The highest BCUT2D eigenvalue weighted by atomic mass is 32.1. The van der Waals surface area contributed by atoms with Crippen LogP contribution in [0.1, 0.15) is 50.3 Å². The SMILES string of the molecule is CC.CCc1cc(-c2cc3ncccc3s2)n(-c2cccc(C)n2)n1.CCc1cccc(-n2ncc(C)c2-c2cc3ncccc3s2)n1. The molecule has 0 saturated carbocycles. The molecular weight excluding hydrogens is 633 g/mol. The van der Waals surface area contributed by atoms with Crippen LogP contribution in [-0.2, 0) is 12.8 Å². The Morgan fingerprint density at radius 3 is 1.92 bits per heavy atom. The van der Waals surface area contributed by atoms with Crippen LogP contribution in [0.4, 0.5) is 0 Å². The predicted molar refractivity (Wildman–Crippen MR) is 200 cm³/mol. The first kappa shape index (κ1) is 32.9. The molecule has 0 atom stereocenters. The molecule has 0 aliphatic carbocycles. The Hall–Kier alpha value is -5.06. The lowest BCUT2D eigenvalue weighted by Crippen LogP contribution is -2.03. The summed E-state index contributed by atoms with van der Waals surface area (Å²) in [4.78, 5) is 20.5. The topological polar surface area (TPSA) is 87.2 Å². The molecule has 0 aliphatic rings. The number of aromatic nitrogens is 8. The van der Waals surface area contributed by atoms with Crippen molar-refractivity contribution in [3.63, 3.8) is 0 Å². The van der Waals surface area contributed by atoms with Crippen molar-refractivity contribution in [2.45, 2.75) is 54.4 Å². The summed E-state index contributed by atoms with van der Waals surface area (Å²) in [5.74, 6) is 1.71. The van der Waals surface area contributed by atoms with Crippen LogP contribution in [0.15, 0.2) is 97.5 Å². The molecule has 8 nitrogen and oxygen atoms in total. The molecule has 0 bridgehead atoms. The Kier molecular flexibility index (Phi) is 10.1. The summed E-state index contributed by atoms with van der Waals surface area (Å²) in [6.07, 6.45) is 7.36. The van der Waals surface area contributed by atoms with Gasteiger partial charge in [-0.3, -0.25) is 9.97 Å². The number of hydrogen-bond donors (Lipinski definition) is 0. The minimum Gasteiger partial charge on any atom is -0.255 e. The van der Waals surface area contributed by atoms with Crippen molar-refractivity contribution in [3.8, 4) is 32.8 Å². The van der Waals surface area contributed by atoms with Gasteiger partial charge in [0.2, 0.25) is 0 Å². The van der Waals surface area contributed by atoms with Crippen molar-refractivity contribution in [1.82, 2.24) is 39.5 Å². The fourth-order valence-electron chi connectivity index (χ4n) is 5.27. The lowest BCUT2D eigenvalue weighted by Gasteiger charge is -2.07. The van der Waals surface area contributed by atoms with E-state index in [1.165, 1.54) is 9.40 Å². The van der Waals surface area contributed by atoms with E-state index in [1.54, 1.807) is 22.7 Å². The van der Waals surface area contributed by atoms with Crippen LogP contribution < -0.4 is 0 Å². The van der Waals surface area contributed by atoms with Gasteiger partial charge in [0.15, 0.2) is 11.6 Å². The fourth-order valence-corrected chi connectivity index (χ4v) is 7.40. The molecule has 48 heavy (non-hydrogen) atoms. The molecule has 0 saturated heterocycles. The van der Waals surface area contributed by atoms with Crippen LogP contribution in [-0.4, -0.2) is 39.5 Å². The molecule has 8 aromatic heterocycles. The van der Waals surface area contributed by atoms with Crippen molar-refractivity contribution in [2.24, 2.45) is 0 Å². The Morgan fingerprint density at radius 2 is 1.27 bits per heavy atom. The first-order valence-corrected chi connectivity index (χ1v) is 17.9. The van der Waals surface area contributed by atoms with Crippen LogP contribution in [0, 0.1) is 13.8 Å². The van der Waals surface area contributed by atoms with E-state index in [0.717, 1.165) is 79.3 Å². The van der Waals surface area contributed by atoms with Gasteiger partial charge in [0, 0.05) is 23.8 Å². The summed E-state index contributed by atoms with van der Waals surface area (Å²) in [5.41, 5.74) is 8.47. The zero-order chi connectivity index (χ0) is 33.6. The zero-order valence-corrected chi connectivity index (χ0v) is 29.7. The van der Waals surface area contributed by atoms with Gasteiger partial charge in [-0.2, -0.15) is 10.2 Å². The van der Waals surface area contributed by atoms with E-state index in [9.17, 15) is 0 Å². The van der Waals surface area contributed by atoms with E-state index in [0.29, 0.717) is 0 Å². The number of hydrogen-bond acceptors (Lipinski definition) is 8. The Morgan fingerprint density at radius 1 is 0.646 bits per heavy atom. The van der Waals surface area contributed by atoms with Crippen LogP contribution in [0.5, 0.6) is 0 Å². The molecule has 8 aromatic rings. The predicted octanol–water partition coefficient (Wildman–Crippen LogP) is 9.86. The van der Waals surface area contributed by atoms with Gasteiger partial charge >= 0.3 is 0 Å². The number of pyridine rings is 4. The molecule has 0 unspecified atom stereocenters. The van der Waals surface area contributed by atoms with Crippen LogP contribution in [0.2, 0.25) is 0 Å². The molecule has 10 heteroatoms. The fraction of sp³-hybridized carbons (Fsp3) is 0.211. The van der Waals surface area contributed by atoms with Crippen LogP contribution >= 0.6 is 22.7 Å². The van der Waals surface area contributed by atoms with Crippen molar-refractivity contribution in [3.05, 3.63) is 120 Å². The van der Waals surface area contributed by atoms with E-state index in [1.807, 2.05) is 97.3 Å². The van der Waals surface area contributed by atoms with E-state index >= 15 is 0 Å². The molecule has 0 aromatic carbocycles. The second-order valence-electron chi connectivity index (χ2n) is 10.8. The Bertz CT molecular complexity index is 2230. The number of nitrogens with zero attached hydrogens (tertiary/aromatic N) is 8. The minimum absolute atomic E-state index is 0.852. The van der Waals surface area contributed by atoms with Crippen LogP contribution in [0.25, 0.3) is 53.2 Å². The molecule has 0 N–H and O–H groups in total. The molecule has 0 amide bonds. The van der Waals surface area contributed by atoms with Gasteiger partial charge in [-0.1, -0.05) is 39.8 Å².